The Balaban J connectivity index is 1.38. The monoisotopic (exact) mass is 298 g/mol. The van der Waals surface area contributed by atoms with Gasteiger partial charge in [-0.05, 0) is 37.0 Å². The van der Waals surface area contributed by atoms with Gasteiger partial charge in [-0.2, -0.15) is 5.10 Å². The third kappa shape index (κ3) is 2.73. The second kappa shape index (κ2) is 5.72. The molecule has 0 unspecified atom stereocenters. The Hall–Kier alpha value is -1.88. The SMILES string of the molecule is Cn1ccc(CN2C[C@H]3CC[C@@H](Oc4cccnc4)[C@H]3C2)n1. The van der Waals surface area contributed by atoms with Gasteiger partial charge in [-0.25, -0.2) is 0 Å². The highest BCUT2D eigenvalue weighted by Gasteiger charge is 2.43. The summed E-state index contributed by atoms with van der Waals surface area (Å²) in [6.45, 7) is 3.24. The molecular formula is C17H22N4O. The Morgan fingerprint density at radius 2 is 2.23 bits per heavy atom. The molecule has 5 nitrogen and oxygen atoms in total. The molecule has 0 N–H and O–H groups in total. The molecule has 3 atom stereocenters. The number of rotatable bonds is 4. The van der Waals surface area contributed by atoms with Crippen molar-refractivity contribution in [3.8, 4) is 5.75 Å². The lowest BCUT2D eigenvalue weighted by Crippen LogP contribution is -2.28. The summed E-state index contributed by atoms with van der Waals surface area (Å²) in [4.78, 5) is 6.66. The molecule has 22 heavy (non-hydrogen) atoms. The third-order valence-electron chi connectivity index (χ3n) is 4.94. The van der Waals surface area contributed by atoms with Crippen molar-refractivity contribution in [2.75, 3.05) is 13.1 Å². The summed E-state index contributed by atoms with van der Waals surface area (Å²) in [5, 5.41) is 4.49. The van der Waals surface area contributed by atoms with E-state index in [1.807, 2.05) is 36.3 Å². The van der Waals surface area contributed by atoms with Crippen molar-refractivity contribution in [1.82, 2.24) is 19.7 Å². The molecule has 116 valence electrons. The Labute approximate surface area is 130 Å². The van der Waals surface area contributed by atoms with E-state index in [0.717, 1.165) is 30.5 Å². The molecule has 0 bridgehead atoms. The van der Waals surface area contributed by atoms with Crippen molar-refractivity contribution in [2.45, 2.75) is 25.5 Å². The predicted molar refractivity (Wildman–Crippen MR) is 83.4 cm³/mol. The molecule has 3 heterocycles. The topological polar surface area (TPSA) is 43.2 Å². The molecule has 1 saturated carbocycles. The van der Waals surface area contributed by atoms with Crippen molar-refractivity contribution in [1.29, 1.82) is 0 Å². The lowest BCUT2D eigenvalue weighted by atomic mass is 9.99. The van der Waals surface area contributed by atoms with Crippen molar-refractivity contribution in [3.63, 3.8) is 0 Å². The Bertz CT molecular complexity index is 627. The van der Waals surface area contributed by atoms with Crippen LogP contribution in [-0.4, -0.2) is 38.9 Å². The van der Waals surface area contributed by atoms with E-state index < -0.39 is 0 Å². The first-order chi connectivity index (χ1) is 10.8. The molecule has 2 fully saturated rings. The van der Waals surface area contributed by atoms with Crippen molar-refractivity contribution in [3.05, 3.63) is 42.5 Å². The van der Waals surface area contributed by atoms with Crippen LogP contribution in [0, 0.1) is 11.8 Å². The van der Waals surface area contributed by atoms with Crippen LogP contribution in [0.4, 0.5) is 0 Å². The van der Waals surface area contributed by atoms with Gasteiger partial charge in [0.1, 0.15) is 11.9 Å². The van der Waals surface area contributed by atoms with Gasteiger partial charge in [0.05, 0.1) is 11.9 Å². The number of ether oxygens (including phenoxy) is 1. The molecule has 2 aliphatic rings. The van der Waals surface area contributed by atoms with Crippen LogP contribution >= 0.6 is 0 Å². The summed E-state index contributed by atoms with van der Waals surface area (Å²) in [5.41, 5.74) is 1.16. The minimum atomic E-state index is 0.336. The van der Waals surface area contributed by atoms with Crippen LogP contribution in [0.15, 0.2) is 36.8 Å². The Kier molecular flexibility index (Phi) is 3.58. The zero-order chi connectivity index (χ0) is 14.9. The number of aryl methyl sites for hydroxylation is 1. The van der Waals surface area contributed by atoms with Gasteiger partial charge in [0.25, 0.3) is 0 Å². The number of hydrogen-bond donors (Lipinski definition) is 0. The van der Waals surface area contributed by atoms with Crippen molar-refractivity contribution < 1.29 is 4.74 Å². The molecule has 5 heteroatoms. The van der Waals surface area contributed by atoms with Gasteiger partial charge < -0.3 is 4.74 Å². The van der Waals surface area contributed by atoms with E-state index >= 15 is 0 Å². The minimum Gasteiger partial charge on any atom is -0.488 e. The fourth-order valence-corrected chi connectivity index (χ4v) is 3.95. The second-order valence-electron chi connectivity index (χ2n) is 6.52. The van der Waals surface area contributed by atoms with E-state index in [9.17, 15) is 0 Å². The average molecular weight is 298 g/mol. The fourth-order valence-electron chi connectivity index (χ4n) is 3.95. The normalized spacial score (nSPS) is 28.0. The van der Waals surface area contributed by atoms with Crippen LogP contribution in [0.1, 0.15) is 18.5 Å². The predicted octanol–water partition coefficient (Wildman–Crippen LogP) is 2.10. The molecule has 1 saturated heterocycles. The molecule has 0 radical (unpaired) electrons. The van der Waals surface area contributed by atoms with E-state index in [0.29, 0.717) is 12.0 Å². The van der Waals surface area contributed by atoms with Gasteiger partial charge in [0.2, 0.25) is 0 Å². The highest BCUT2D eigenvalue weighted by atomic mass is 16.5. The number of pyridine rings is 1. The molecule has 1 aliphatic heterocycles. The first-order valence-electron chi connectivity index (χ1n) is 8.05. The summed E-state index contributed by atoms with van der Waals surface area (Å²) in [7, 11) is 1.97. The zero-order valence-electron chi connectivity index (χ0n) is 12.9. The number of hydrogen-bond acceptors (Lipinski definition) is 4. The van der Waals surface area contributed by atoms with Crippen molar-refractivity contribution >= 4 is 0 Å². The van der Waals surface area contributed by atoms with Crippen LogP contribution in [0.3, 0.4) is 0 Å². The molecule has 4 rings (SSSR count). The third-order valence-corrected chi connectivity index (χ3v) is 4.94. The van der Waals surface area contributed by atoms with Gasteiger partial charge in [0, 0.05) is 45.0 Å². The summed E-state index contributed by atoms with van der Waals surface area (Å²) < 4.78 is 8.06. The summed E-state index contributed by atoms with van der Waals surface area (Å²) >= 11 is 0. The first-order valence-corrected chi connectivity index (χ1v) is 8.05. The Morgan fingerprint density at radius 3 is 3.00 bits per heavy atom. The van der Waals surface area contributed by atoms with Crippen LogP contribution in [0.2, 0.25) is 0 Å². The van der Waals surface area contributed by atoms with Crippen LogP contribution in [0.5, 0.6) is 5.75 Å². The highest BCUT2D eigenvalue weighted by molar-refractivity contribution is 5.16. The van der Waals surface area contributed by atoms with Crippen LogP contribution < -0.4 is 4.74 Å². The van der Waals surface area contributed by atoms with E-state index in [1.54, 1.807) is 6.20 Å². The molecular weight excluding hydrogens is 276 g/mol. The van der Waals surface area contributed by atoms with Gasteiger partial charge in [-0.1, -0.05) is 0 Å². The van der Waals surface area contributed by atoms with E-state index in [2.05, 4.69) is 21.0 Å². The van der Waals surface area contributed by atoms with Crippen LogP contribution in [0.25, 0.3) is 0 Å². The number of likely N-dealkylation sites (tertiary alicyclic amines) is 1. The maximum Gasteiger partial charge on any atom is 0.138 e. The minimum absolute atomic E-state index is 0.336. The number of aromatic nitrogens is 3. The molecule has 0 aromatic carbocycles. The standard InChI is InChI=1S/C17H22N4O/c1-20-8-6-14(19-20)11-21-10-13-4-5-17(16(13)12-21)22-15-3-2-7-18-9-15/h2-3,6-9,13,16-17H,4-5,10-12H2,1H3/t13-,16+,17-/m1/s1. The highest BCUT2D eigenvalue weighted by Crippen LogP contribution is 2.40. The van der Waals surface area contributed by atoms with Gasteiger partial charge in [-0.15, -0.1) is 0 Å². The fraction of sp³-hybridized carbons (Fsp3) is 0.529. The maximum atomic E-state index is 6.18. The summed E-state index contributed by atoms with van der Waals surface area (Å²) in [5.74, 6) is 2.31. The molecule has 0 spiro atoms. The van der Waals surface area contributed by atoms with Gasteiger partial charge >= 0.3 is 0 Å². The molecule has 1 aliphatic carbocycles. The van der Waals surface area contributed by atoms with Crippen molar-refractivity contribution in [2.24, 2.45) is 18.9 Å². The summed E-state index contributed by atoms with van der Waals surface area (Å²) in [6.07, 6.45) is 8.39. The average Bonchev–Trinajstić information content (AvgIpc) is 3.19. The zero-order valence-corrected chi connectivity index (χ0v) is 12.9. The lowest BCUT2D eigenvalue weighted by Gasteiger charge is -2.21. The number of fused-ring (bicyclic) bond motifs is 1. The number of nitrogens with zero attached hydrogens (tertiary/aromatic N) is 4. The van der Waals surface area contributed by atoms with E-state index in [1.165, 1.54) is 19.4 Å². The maximum absolute atomic E-state index is 6.18. The van der Waals surface area contributed by atoms with E-state index in [4.69, 9.17) is 4.74 Å². The second-order valence-corrected chi connectivity index (χ2v) is 6.52. The molecule has 2 aromatic rings. The van der Waals surface area contributed by atoms with Crippen LogP contribution in [-0.2, 0) is 13.6 Å². The van der Waals surface area contributed by atoms with E-state index in [-0.39, 0.29) is 0 Å². The summed E-state index contributed by atoms with van der Waals surface area (Å²) in [6, 6.07) is 6.04. The lowest BCUT2D eigenvalue weighted by molar-refractivity contribution is 0.147. The smallest absolute Gasteiger partial charge is 0.138 e. The van der Waals surface area contributed by atoms with Gasteiger partial charge in [0.15, 0.2) is 0 Å². The largest absolute Gasteiger partial charge is 0.488 e. The molecule has 0 amide bonds. The van der Waals surface area contributed by atoms with Gasteiger partial charge in [-0.3, -0.25) is 14.6 Å². The molecule has 2 aromatic heterocycles. The first kappa shape index (κ1) is 13.8. The quantitative estimate of drug-likeness (QED) is 0.867. The Morgan fingerprint density at radius 1 is 1.27 bits per heavy atom.